The first-order valence-electron chi connectivity index (χ1n) is 7.39. The van der Waals surface area contributed by atoms with E-state index in [4.69, 9.17) is 9.84 Å². The van der Waals surface area contributed by atoms with E-state index in [0.29, 0.717) is 24.2 Å². The van der Waals surface area contributed by atoms with Gasteiger partial charge in [0.15, 0.2) is 0 Å². The number of benzene rings is 1. The molecule has 1 aromatic carbocycles. The van der Waals surface area contributed by atoms with Crippen molar-refractivity contribution in [2.45, 2.75) is 19.8 Å². The highest BCUT2D eigenvalue weighted by Crippen LogP contribution is 2.19. The Morgan fingerprint density at radius 2 is 1.68 bits per heavy atom. The lowest BCUT2D eigenvalue weighted by molar-refractivity contribution is 0.310. The first kappa shape index (κ1) is 16.0. The molecule has 7 heteroatoms. The van der Waals surface area contributed by atoms with E-state index in [1.54, 1.807) is 0 Å². The number of anilines is 2. The Hall–Kier alpha value is -2.41. The lowest BCUT2D eigenvalue weighted by Crippen LogP contribution is -2.13. The maximum absolute atomic E-state index is 8.89. The number of rotatable bonds is 9. The van der Waals surface area contributed by atoms with Crippen LogP contribution in [0.1, 0.15) is 19.8 Å². The molecule has 7 nitrogen and oxygen atoms in total. The average Bonchev–Trinajstić information content (AvgIpc) is 2.54. The second-order valence-electron chi connectivity index (χ2n) is 4.61. The van der Waals surface area contributed by atoms with Crippen molar-refractivity contribution in [1.82, 2.24) is 15.0 Å². The van der Waals surface area contributed by atoms with E-state index in [9.17, 15) is 0 Å². The van der Waals surface area contributed by atoms with Gasteiger partial charge in [-0.15, -0.1) is 0 Å². The summed E-state index contributed by atoms with van der Waals surface area (Å²) >= 11 is 0. The van der Waals surface area contributed by atoms with Crippen molar-refractivity contribution in [3.63, 3.8) is 0 Å². The van der Waals surface area contributed by atoms with E-state index >= 15 is 0 Å². The van der Waals surface area contributed by atoms with Gasteiger partial charge < -0.3 is 20.5 Å². The second-order valence-corrected chi connectivity index (χ2v) is 4.61. The predicted molar refractivity (Wildman–Crippen MR) is 85.3 cm³/mol. The van der Waals surface area contributed by atoms with Gasteiger partial charge in [0.05, 0.1) is 6.61 Å². The fraction of sp³-hybridized carbons (Fsp3) is 0.400. The molecule has 2 aromatic rings. The summed E-state index contributed by atoms with van der Waals surface area (Å²) in [7, 11) is 0. The topological polar surface area (TPSA) is 92.2 Å². The van der Waals surface area contributed by atoms with Crippen molar-refractivity contribution in [2.75, 3.05) is 30.3 Å². The van der Waals surface area contributed by atoms with Crippen molar-refractivity contribution < 1.29 is 9.84 Å². The van der Waals surface area contributed by atoms with E-state index in [1.807, 2.05) is 30.3 Å². The van der Waals surface area contributed by atoms with Crippen molar-refractivity contribution in [3.8, 4) is 11.8 Å². The molecule has 0 radical (unpaired) electrons. The second kappa shape index (κ2) is 8.78. The third kappa shape index (κ3) is 5.17. The molecule has 0 unspecified atom stereocenters. The first-order valence-corrected chi connectivity index (χ1v) is 7.39. The lowest BCUT2D eigenvalue weighted by atomic mass is 10.3. The van der Waals surface area contributed by atoms with Crippen LogP contribution in [-0.2, 0) is 0 Å². The predicted octanol–water partition coefficient (Wildman–Crippen LogP) is 2.28. The fourth-order valence-corrected chi connectivity index (χ4v) is 1.70. The van der Waals surface area contributed by atoms with Gasteiger partial charge in [0, 0.05) is 13.1 Å². The van der Waals surface area contributed by atoms with Crippen LogP contribution in [0.4, 0.5) is 11.9 Å². The summed E-state index contributed by atoms with van der Waals surface area (Å²) in [6, 6.07) is 9.53. The summed E-state index contributed by atoms with van der Waals surface area (Å²) in [5.74, 6) is 1.48. The number of aromatic nitrogens is 3. The van der Waals surface area contributed by atoms with Crippen molar-refractivity contribution in [2.24, 2.45) is 0 Å². The number of para-hydroxylation sites is 1. The van der Waals surface area contributed by atoms with Gasteiger partial charge >= 0.3 is 6.01 Å². The molecule has 0 aliphatic heterocycles. The van der Waals surface area contributed by atoms with E-state index < -0.39 is 0 Å². The van der Waals surface area contributed by atoms with Crippen LogP contribution in [0.5, 0.6) is 11.8 Å². The third-order valence-electron chi connectivity index (χ3n) is 2.78. The molecule has 0 bridgehead atoms. The number of aliphatic hydroxyl groups excluding tert-OH is 1. The Morgan fingerprint density at radius 3 is 2.32 bits per heavy atom. The molecule has 118 valence electrons. The molecule has 0 atom stereocenters. The molecule has 0 saturated carbocycles. The number of hydrogen-bond acceptors (Lipinski definition) is 7. The molecular formula is C15H21N5O2. The maximum Gasteiger partial charge on any atom is 0.328 e. The van der Waals surface area contributed by atoms with Crippen LogP contribution in [0.3, 0.4) is 0 Å². The Balaban J connectivity index is 2.13. The molecule has 0 aliphatic carbocycles. The van der Waals surface area contributed by atoms with Gasteiger partial charge in [-0.2, -0.15) is 15.0 Å². The molecule has 0 saturated heterocycles. The molecule has 1 aromatic heterocycles. The summed E-state index contributed by atoms with van der Waals surface area (Å²) < 4.78 is 5.64. The van der Waals surface area contributed by atoms with Crippen LogP contribution in [0.15, 0.2) is 30.3 Å². The number of nitrogens with zero attached hydrogens (tertiary/aromatic N) is 3. The van der Waals surface area contributed by atoms with Gasteiger partial charge in [-0.3, -0.25) is 0 Å². The molecule has 0 amide bonds. The van der Waals surface area contributed by atoms with Crippen LogP contribution < -0.4 is 15.4 Å². The number of nitrogens with one attached hydrogen (secondary N) is 2. The fourth-order valence-electron chi connectivity index (χ4n) is 1.70. The van der Waals surface area contributed by atoms with Crippen LogP contribution >= 0.6 is 0 Å². The van der Waals surface area contributed by atoms with Gasteiger partial charge in [-0.1, -0.05) is 31.5 Å². The summed E-state index contributed by atoms with van der Waals surface area (Å²) in [6.45, 7) is 3.26. The van der Waals surface area contributed by atoms with Gasteiger partial charge in [0.2, 0.25) is 11.9 Å². The van der Waals surface area contributed by atoms with Gasteiger partial charge in [-0.25, -0.2) is 0 Å². The van der Waals surface area contributed by atoms with Crippen LogP contribution in [-0.4, -0.2) is 39.8 Å². The zero-order valence-corrected chi connectivity index (χ0v) is 12.6. The lowest BCUT2D eigenvalue weighted by Gasteiger charge is -2.10. The molecule has 0 aliphatic rings. The SMILES string of the molecule is CCCCNc1nc(NCCO)nc(Oc2ccccc2)n1. The van der Waals surface area contributed by atoms with Crippen LogP contribution in [0.2, 0.25) is 0 Å². The van der Waals surface area contributed by atoms with Crippen molar-refractivity contribution >= 4 is 11.9 Å². The molecule has 2 rings (SSSR count). The van der Waals surface area contributed by atoms with Gasteiger partial charge in [0.1, 0.15) is 5.75 Å². The highest BCUT2D eigenvalue weighted by atomic mass is 16.5. The molecule has 0 fully saturated rings. The summed E-state index contributed by atoms with van der Waals surface area (Å²) in [5, 5.41) is 15.0. The van der Waals surface area contributed by atoms with Crippen LogP contribution in [0.25, 0.3) is 0 Å². The zero-order valence-electron chi connectivity index (χ0n) is 12.6. The summed E-state index contributed by atoms with van der Waals surface area (Å²) in [6.07, 6.45) is 2.11. The standard InChI is InChI=1S/C15H21N5O2/c1-2-3-9-16-13-18-14(17-10-11-21)20-15(19-13)22-12-7-5-4-6-8-12/h4-8,21H,2-3,9-11H2,1H3,(H2,16,17,18,19,20). The average molecular weight is 303 g/mol. The minimum absolute atomic E-state index is 0.000838. The highest BCUT2D eigenvalue weighted by molar-refractivity contribution is 5.37. The van der Waals surface area contributed by atoms with Gasteiger partial charge in [-0.05, 0) is 18.6 Å². The number of aliphatic hydroxyl groups is 1. The quantitative estimate of drug-likeness (QED) is 0.612. The Morgan fingerprint density at radius 1 is 1.00 bits per heavy atom. The maximum atomic E-state index is 8.89. The first-order chi connectivity index (χ1) is 10.8. The van der Waals surface area contributed by atoms with Crippen molar-refractivity contribution in [3.05, 3.63) is 30.3 Å². The molecular weight excluding hydrogens is 282 g/mol. The molecule has 3 N–H and O–H groups in total. The van der Waals surface area contributed by atoms with E-state index in [-0.39, 0.29) is 12.6 Å². The summed E-state index contributed by atoms with van der Waals surface area (Å²) in [5.41, 5.74) is 0. The Bertz CT molecular complexity index is 565. The van der Waals surface area contributed by atoms with E-state index in [1.165, 1.54) is 0 Å². The van der Waals surface area contributed by atoms with Gasteiger partial charge in [0.25, 0.3) is 0 Å². The third-order valence-corrected chi connectivity index (χ3v) is 2.78. The smallest absolute Gasteiger partial charge is 0.328 e. The number of unbranched alkanes of at least 4 members (excludes halogenated alkanes) is 1. The molecule has 0 spiro atoms. The van der Waals surface area contributed by atoms with E-state index in [2.05, 4.69) is 32.5 Å². The largest absolute Gasteiger partial charge is 0.424 e. The Labute approximate surface area is 129 Å². The Kier molecular flexibility index (Phi) is 6.38. The highest BCUT2D eigenvalue weighted by Gasteiger charge is 2.08. The zero-order chi connectivity index (χ0) is 15.6. The molecule has 1 heterocycles. The molecule has 22 heavy (non-hydrogen) atoms. The monoisotopic (exact) mass is 303 g/mol. The van der Waals surface area contributed by atoms with Crippen LogP contribution in [0, 0.1) is 0 Å². The summed E-state index contributed by atoms with van der Waals surface area (Å²) in [4.78, 5) is 12.7. The minimum atomic E-state index is -0.000838. The number of ether oxygens (including phenoxy) is 1. The van der Waals surface area contributed by atoms with E-state index in [0.717, 1.165) is 19.4 Å². The number of hydrogen-bond donors (Lipinski definition) is 3. The normalized spacial score (nSPS) is 10.3. The van der Waals surface area contributed by atoms with Crippen molar-refractivity contribution in [1.29, 1.82) is 0 Å². The minimum Gasteiger partial charge on any atom is -0.424 e.